The highest BCUT2D eigenvalue weighted by atomic mass is 32.1. The second-order valence-electron chi connectivity index (χ2n) is 6.21. The molecule has 26 heavy (non-hydrogen) atoms. The number of hydrogen-bond donors (Lipinski definition) is 1. The Morgan fingerprint density at radius 3 is 2.62 bits per heavy atom. The molecule has 0 spiro atoms. The first-order valence-corrected chi connectivity index (χ1v) is 9.45. The molecule has 0 aliphatic carbocycles. The van der Waals surface area contributed by atoms with Crippen LogP contribution in [-0.4, -0.2) is 10.9 Å². The normalized spacial score (nSPS) is 11.8. The van der Waals surface area contributed by atoms with E-state index in [9.17, 15) is 4.79 Å². The SMILES string of the molecule is Cc1ccc(OCc2nc(CC(=O)N[C@H](C)c3ccccc3)cs2)cc1. The van der Waals surface area contributed by atoms with Crippen LogP contribution in [0, 0.1) is 6.92 Å². The van der Waals surface area contributed by atoms with Gasteiger partial charge in [-0.05, 0) is 31.5 Å². The molecule has 0 aliphatic rings. The number of aromatic nitrogens is 1. The van der Waals surface area contributed by atoms with Crippen LogP contribution in [0.3, 0.4) is 0 Å². The summed E-state index contributed by atoms with van der Waals surface area (Å²) in [5.74, 6) is 0.791. The van der Waals surface area contributed by atoms with Crippen LogP contribution in [0.4, 0.5) is 0 Å². The lowest BCUT2D eigenvalue weighted by Crippen LogP contribution is -2.28. The molecule has 0 aliphatic heterocycles. The molecule has 1 atom stereocenters. The third kappa shape index (κ3) is 5.17. The quantitative estimate of drug-likeness (QED) is 0.672. The Balaban J connectivity index is 1.49. The van der Waals surface area contributed by atoms with Gasteiger partial charge in [0.1, 0.15) is 17.4 Å². The van der Waals surface area contributed by atoms with Gasteiger partial charge in [-0.1, -0.05) is 48.0 Å². The zero-order chi connectivity index (χ0) is 18.4. The Bertz CT molecular complexity index is 844. The maximum atomic E-state index is 12.2. The van der Waals surface area contributed by atoms with E-state index in [2.05, 4.69) is 10.3 Å². The van der Waals surface area contributed by atoms with Gasteiger partial charge in [-0.25, -0.2) is 4.98 Å². The Hall–Kier alpha value is -2.66. The van der Waals surface area contributed by atoms with E-state index >= 15 is 0 Å². The van der Waals surface area contributed by atoms with E-state index in [-0.39, 0.29) is 18.4 Å². The maximum Gasteiger partial charge on any atom is 0.226 e. The summed E-state index contributed by atoms with van der Waals surface area (Å²) >= 11 is 1.51. The van der Waals surface area contributed by atoms with Crippen molar-refractivity contribution in [3.8, 4) is 5.75 Å². The van der Waals surface area contributed by atoms with Crippen LogP contribution in [0.1, 0.15) is 34.8 Å². The number of thiazole rings is 1. The Morgan fingerprint density at radius 2 is 1.88 bits per heavy atom. The largest absolute Gasteiger partial charge is 0.486 e. The van der Waals surface area contributed by atoms with E-state index in [1.807, 2.05) is 73.8 Å². The summed E-state index contributed by atoms with van der Waals surface area (Å²) in [5, 5.41) is 5.79. The number of nitrogens with one attached hydrogen (secondary N) is 1. The molecule has 1 amide bonds. The van der Waals surface area contributed by atoms with Crippen LogP contribution >= 0.6 is 11.3 Å². The third-order valence-electron chi connectivity index (χ3n) is 4.00. The van der Waals surface area contributed by atoms with E-state index in [0.29, 0.717) is 6.61 Å². The molecule has 134 valence electrons. The number of benzene rings is 2. The summed E-state index contributed by atoms with van der Waals surface area (Å²) in [6.07, 6.45) is 0.276. The number of carbonyl (C=O) groups is 1. The number of ether oxygens (including phenoxy) is 1. The number of amides is 1. The van der Waals surface area contributed by atoms with E-state index in [1.54, 1.807) is 0 Å². The van der Waals surface area contributed by atoms with Crippen LogP contribution < -0.4 is 10.1 Å². The molecule has 0 saturated carbocycles. The number of rotatable bonds is 7. The topological polar surface area (TPSA) is 51.2 Å². The standard InChI is InChI=1S/C21H22N2O2S/c1-15-8-10-19(11-9-15)25-13-21-23-18(14-26-21)12-20(24)22-16(2)17-6-4-3-5-7-17/h3-11,14,16H,12-13H2,1-2H3,(H,22,24)/t16-/m1/s1. The van der Waals surface area contributed by atoms with Gasteiger partial charge in [0.05, 0.1) is 18.2 Å². The third-order valence-corrected chi connectivity index (χ3v) is 4.87. The number of hydrogen-bond acceptors (Lipinski definition) is 4. The van der Waals surface area contributed by atoms with Crippen molar-refractivity contribution in [2.45, 2.75) is 32.9 Å². The van der Waals surface area contributed by atoms with Crippen molar-refractivity contribution in [1.82, 2.24) is 10.3 Å². The number of nitrogens with zero attached hydrogens (tertiary/aromatic N) is 1. The molecule has 3 rings (SSSR count). The van der Waals surface area contributed by atoms with Crippen molar-refractivity contribution in [3.05, 3.63) is 81.8 Å². The van der Waals surface area contributed by atoms with Gasteiger partial charge in [-0.15, -0.1) is 11.3 Å². The molecular weight excluding hydrogens is 344 g/mol. The van der Waals surface area contributed by atoms with E-state index < -0.39 is 0 Å². The van der Waals surface area contributed by atoms with Crippen LogP contribution in [-0.2, 0) is 17.8 Å². The predicted molar refractivity (Wildman–Crippen MR) is 104 cm³/mol. The first-order chi connectivity index (χ1) is 12.6. The summed E-state index contributed by atoms with van der Waals surface area (Å²) in [4.78, 5) is 16.7. The lowest BCUT2D eigenvalue weighted by Gasteiger charge is -2.13. The average Bonchev–Trinajstić information content (AvgIpc) is 3.09. The van der Waals surface area contributed by atoms with Crippen molar-refractivity contribution < 1.29 is 9.53 Å². The van der Waals surface area contributed by atoms with Crippen LogP contribution in [0.15, 0.2) is 60.0 Å². The molecule has 0 fully saturated rings. The minimum absolute atomic E-state index is 0.0216. The van der Waals surface area contributed by atoms with Crippen LogP contribution in [0.5, 0.6) is 5.75 Å². The highest BCUT2D eigenvalue weighted by Gasteiger charge is 2.12. The molecule has 3 aromatic rings. The lowest BCUT2D eigenvalue weighted by atomic mass is 10.1. The van der Waals surface area contributed by atoms with Crippen molar-refractivity contribution in [2.24, 2.45) is 0 Å². The molecule has 2 aromatic carbocycles. The van der Waals surface area contributed by atoms with E-state index in [1.165, 1.54) is 16.9 Å². The molecular formula is C21H22N2O2S. The Kier molecular flexibility index (Phi) is 6.02. The molecule has 4 nitrogen and oxygen atoms in total. The highest BCUT2D eigenvalue weighted by Crippen LogP contribution is 2.17. The van der Waals surface area contributed by atoms with Gasteiger partial charge in [0.15, 0.2) is 0 Å². The van der Waals surface area contributed by atoms with Gasteiger partial charge in [0, 0.05) is 5.38 Å². The fraction of sp³-hybridized carbons (Fsp3) is 0.238. The fourth-order valence-electron chi connectivity index (χ4n) is 2.56. The Morgan fingerprint density at radius 1 is 1.15 bits per heavy atom. The molecule has 1 aromatic heterocycles. The predicted octanol–water partition coefficient (Wildman–Crippen LogP) is 4.45. The molecule has 0 radical (unpaired) electrons. The summed E-state index contributed by atoms with van der Waals surface area (Å²) in [6, 6.07) is 17.8. The smallest absolute Gasteiger partial charge is 0.226 e. The number of aryl methyl sites for hydroxylation is 1. The summed E-state index contributed by atoms with van der Waals surface area (Å²) in [5.41, 5.74) is 3.06. The molecule has 1 N–H and O–H groups in total. The van der Waals surface area contributed by atoms with Crippen molar-refractivity contribution in [1.29, 1.82) is 0 Å². The summed E-state index contributed by atoms with van der Waals surface area (Å²) < 4.78 is 5.74. The monoisotopic (exact) mass is 366 g/mol. The minimum atomic E-state index is -0.0299. The Labute approximate surface area is 157 Å². The van der Waals surface area contributed by atoms with E-state index in [4.69, 9.17) is 4.74 Å². The lowest BCUT2D eigenvalue weighted by molar-refractivity contribution is -0.121. The van der Waals surface area contributed by atoms with Crippen molar-refractivity contribution in [3.63, 3.8) is 0 Å². The van der Waals surface area contributed by atoms with Crippen LogP contribution in [0.2, 0.25) is 0 Å². The summed E-state index contributed by atoms with van der Waals surface area (Å²) in [6.45, 7) is 4.44. The first kappa shape index (κ1) is 18.1. The highest BCUT2D eigenvalue weighted by molar-refractivity contribution is 7.09. The van der Waals surface area contributed by atoms with Crippen LogP contribution in [0.25, 0.3) is 0 Å². The first-order valence-electron chi connectivity index (χ1n) is 8.57. The minimum Gasteiger partial charge on any atom is -0.486 e. The van der Waals surface area contributed by atoms with E-state index in [0.717, 1.165) is 22.0 Å². The van der Waals surface area contributed by atoms with Crippen molar-refractivity contribution in [2.75, 3.05) is 0 Å². The van der Waals surface area contributed by atoms with Gasteiger partial charge < -0.3 is 10.1 Å². The molecule has 0 unspecified atom stereocenters. The van der Waals surface area contributed by atoms with Gasteiger partial charge in [-0.3, -0.25) is 4.79 Å². The van der Waals surface area contributed by atoms with Gasteiger partial charge in [0.25, 0.3) is 0 Å². The second kappa shape index (κ2) is 8.63. The maximum absolute atomic E-state index is 12.2. The van der Waals surface area contributed by atoms with Crippen molar-refractivity contribution >= 4 is 17.2 Å². The second-order valence-corrected chi connectivity index (χ2v) is 7.15. The molecule has 0 bridgehead atoms. The zero-order valence-corrected chi connectivity index (χ0v) is 15.8. The number of carbonyl (C=O) groups excluding carboxylic acids is 1. The molecule has 0 saturated heterocycles. The van der Waals surface area contributed by atoms with Gasteiger partial charge in [0.2, 0.25) is 5.91 Å². The van der Waals surface area contributed by atoms with Gasteiger partial charge in [-0.2, -0.15) is 0 Å². The average molecular weight is 366 g/mol. The molecule has 1 heterocycles. The zero-order valence-electron chi connectivity index (χ0n) is 14.9. The fourth-order valence-corrected chi connectivity index (χ4v) is 3.26. The van der Waals surface area contributed by atoms with Gasteiger partial charge >= 0.3 is 0 Å². The summed E-state index contributed by atoms with van der Waals surface area (Å²) in [7, 11) is 0. The molecule has 5 heteroatoms.